The van der Waals surface area contributed by atoms with Gasteiger partial charge < -0.3 is 14.8 Å². The highest BCUT2D eigenvalue weighted by Gasteiger charge is 2.33. The van der Waals surface area contributed by atoms with Gasteiger partial charge in [-0.25, -0.2) is 5.01 Å². The monoisotopic (exact) mass is 677 g/mol. The number of nitrogens with zero attached hydrogens (tertiary/aromatic N) is 6. The number of hydrogen-bond acceptors (Lipinski definition) is 10. The maximum atomic E-state index is 13.9. The van der Waals surface area contributed by atoms with E-state index in [0.29, 0.717) is 23.2 Å². The quantitative estimate of drug-likeness (QED) is 0.101. The summed E-state index contributed by atoms with van der Waals surface area (Å²) in [7, 11) is 3.22. The molecule has 0 spiro atoms. The van der Waals surface area contributed by atoms with Crippen LogP contribution in [0.1, 0.15) is 39.8 Å². The summed E-state index contributed by atoms with van der Waals surface area (Å²) >= 11 is 1.21. The van der Waals surface area contributed by atoms with Gasteiger partial charge in [0.15, 0.2) is 11.0 Å². The molecular formula is C35H31N7O6S. The molecule has 0 radical (unpaired) electrons. The smallest absolute Gasteiger partial charge is 0.269 e. The second-order valence-electron chi connectivity index (χ2n) is 10.9. The van der Waals surface area contributed by atoms with Crippen molar-refractivity contribution in [3.63, 3.8) is 0 Å². The van der Waals surface area contributed by atoms with Crippen LogP contribution in [0.25, 0.3) is 5.69 Å². The average Bonchev–Trinajstić information content (AvgIpc) is 3.78. The van der Waals surface area contributed by atoms with Gasteiger partial charge in [-0.15, -0.1) is 10.2 Å². The van der Waals surface area contributed by atoms with E-state index in [1.165, 1.54) is 41.0 Å². The normalized spacial score (nSPS) is 13.9. The lowest BCUT2D eigenvalue weighted by Gasteiger charge is -2.22. The third kappa shape index (κ3) is 7.44. The van der Waals surface area contributed by atoms with Crippen LogP contribution in [0.4, 0.5) is 5.69 Å². The van der Waals surface area contributed by atoms with Crippen LogP contribution in [0.3, 0.4) is 0 Å². The third-order valence-corrected chi connectivity index (χ3v) is 8.79. The fourth-order valence-corrected chi connectivity index (χ4v) is 6.14. The average molecular weight is 678 g/mol. The van der Waals surface area contributed by atoms with Crippen LogP contribution in [0.5, 0.6) is 11.5 Å². The Hall–Kier alpha value is -6.02. The number of benzene rings is 4. The molecule has 1 aliphatic heterocycles. The van der Waals surface area contributed by atoms with Crippen molar-refractivity contribution in [2.24, 2.45) is 5.10 Å². The molecule has 0 saturated heterocycles. The summed E-state index contributed by atoms with van der Waals surface area (Å²) in [4.78, 5) is 37.2. The van der Waals surface area contributed by atoms with E-state index in [1.807, 2.05) is 78.9 Å². The molecule has 13 nitrogen and oxygen atoms in total. The predicted octanol–water partition coefficient (Wildman–Crippen LogP) is 5.59. The van der Waals surface area contributed by atoms with Gasteiger partial charge in [0.25, 0.3) is 17.5 Å². The van der Waals surface area contributed by atoms with E-state index in [2.05, 4.69) is 15.5 Å². The fraction of sp³-hybridized carbons (Fsp3) is 0.171. The Kier molecular flexibility index (Phi) is 9.95. The van der Waals surface area contributed by atoms with E-state index in [4.69, 9.17) is 14.6 Å². The molecule has 1 aromatic heterocycles. The summed E-state index contributed by atoms with van der Waals surface area (Å²) in [6, 6.07) is 29.6. The summed E-state index contributed by atoms with van der Waals surface area (Å²) < 4.78 is 12.4. The van der Waals surface area contributed by atoms with Gasteiger partial charge in [0.05, 0.1) is 43.2 Å². The number of carbonyl (C=O) groups is 2. The van der Waals surface area contributed by atoms with Gasteiger partial charge in [0.2, 0.25) is 0 Å². The number of nitro groups is 1. The number of nitrogens with one attached hydrogen (secondary N) is 1. The van der Waals surface area contributed by atoms with Crippen LogP contribution in [0.15, 0.2) is 113 Å². The minimum absolute atomic E-state index is 0.0200. The first-order chi connectivity index (χ1) is 23.8. The summed E-state index contributed by atoms with van der Waals surface area (Å²) in [6.45, 7) is 0.0212. The van der Waals surface area contributed by atoms with E-state index in [1.54, 1.807) is 18.8 Å². The number of non-ortho nitro benzene ring substituents is 1. The number of hydrogen-bond donors (Lipinski definition) is 1. The largest absolute Gasteiger partial charge is 0.497 e. The van der Waals surface area contributed by atoms with Crippen molar-refractivity contribution in [3.05, 3.63) is 136 Å². The van der Waals surface area contributed by atoms with Crippen molar-refractivity contribution >= 4 is 35.0 Å². The molecule has 2 heterocycles. The zero-order chi connectivity index (χ0) is 34.3. The molecule has 49 heavy (non-hydrogen) atoms. The van der Waals surface area contributed by atoms with Crippen LogP contribution in [0.2, 0.25) is 0 Å². The minimum Gasteiger partial charge on any atom is -0.497 e. The Labute approximate surface area is 285 Å². The van der Waals surface area contributed by atoms with Crippen molar-refractivity contribution in [3.8, 4) is 17.2 Å². The van der Waals surface area contributed by atoms with Gasteiger partial charge in [0.1, 0.15) is 11.5 Å². The lowest BCUT2D eigenvalue weighted by Crippen LogP contribution is -2.28. The Morgan fingerprint density at radius 2 is 1.55 bits per heavy atom. The Morgan fingerprint density at radius 1 is 0.898 bits per heavy atom. The molecule has 4 aromatic carbocycles. The maximum absolute atomic E-state index is 13.9. The fourth-order valence-electron chi connectivity index (χ4n) is 5.32. The molecule has 0 saturated carbocycles. The Balaban J connectivity index is 1.22. The summed E-state index contributed by atoms with van der Waals surface area (Å²) in [6.07, 6.45) is 0.522. The number of hydrazone groups is 1. The van der Waals surface area contributed by atoms with Crippen LogP contribution >= 0.6 is 11.8 Å². The zero-order valence-corrected chi connectivity index (χ0v) is 27.4. The van der Waals surface area contributed by atoms with Crippen molar-refractivity contribution in [1.82, 2.24) is 25.1 Å². The van der Waals surface area contributed by atoms with E-state index < -0.39 is 10.8 Å². The number of carbonyl (C=O) groups excluding carboxylic acids is 2. The van der Waals surface area contributed by atoms with Gasteiger partial charge in [-0.05, 0) is 71.8 Å². The lowest BCUT2D eigenvalue weighted by molar-refractivity contribution is -0.384. The van der Waals surface area contributed by atoms with E-state index in [9.17, 15) is 19.7 Å². The zero-order valence-electron chi connectivity index (χ0n) is 26.6. The molecular weight excluding hydrogens is 646 g/mol. The van der Waals surface area contributed by atoms with Crippen molar-refractivity contribution in [2.45, 2.75) is 24.2 Å². The van der Waals surface area contributed by atoms with Crippen LogP contribution in [0, 0.1) is 10.1 Å². The second kappa shape index (κ2) is 14.8. The van der Waals surface area contributed by atoms with Crippen molar-refractivity contribution in [2.75, 3.05) is 20.0 Å². The Bertz CT molecular complexity index is 1980. The van der Waals surface area contributed by atoms with Crippen LogP contribution < -0.4 is 14.8 Å². The van der Waals surface area contributed by atoms with Crippen molar-refractivity contribution in [1.29, 1.82) is 0 Å². The first-order valence-corrected chi connectivity index (χ1v) is 16.2. The number of nitro benzene ring substituents is 1. The molecule has 248 valence electrons. The van der Waals surface area contributed by atoms with E-state index in [0.717, 1.165) is 28.3 Å². The SMILES string of the molecule is COc1ccc(C2=NN(C(=O)CSc3nnc(CNC(=O)c4ccc([N+](=O)[O-])cc4)n3-c3ccccc3)C(c3ccc(OC)cc3)C2)cc1. The molecule has 14 heteroatoms. The van der Waals surface area contributed by atoms with Gasteiger partial charge in [-0.1, -0.05) is 42.1 Å². The number of aromatic nitrogens is 3. The molecule has 0 bridgehead atoms. The predicted molar refractivity (Wildman–Crippen MR) is 183 cm³/mol. The number of ether oxygens (including phenoxy) is 2. The summed E-state index contributed by atoms with van der Waals surface area (Å²) in [5.74, 6) is 1.26. The number of thioether (sulfide) groups is 1. The highest BCUT2D eigenvalue weighted by Crippen LogP contribution is 2.35. The van der Waals surface area contributed by atoms with Crippen LogP contribution in [-0.2, 0) is 11.3 Å². The number of amides is 2. The number of methoxy groups -OCH3 is 2. The molecule has 2 amide bonds. The molecule has 6 rings (SSSR count). The van der Waals surface area contributed by atoms with E-state index in [-0.39, 0.29) is 35.5 Å². The molecule has 0 aliphatic carbocycles. The number of rotatable bonds is 12. The van der Waals surface area contributed by atoms with Gasteiger partial charge in [-0.2, -0.15) is 5.10 Å². The van der Waals surface area contributed by atoms with Gasteiger partial charge in [-0.3, -0.25) is 24.3 Å². The molecule has 0 fully saturated rings. The number of para-hydroxylation sites is 1. The highest BCUT2D eigenvalue weighted by molar-refractivity contribution is 7.99. The van der Waals surface area contributed by atoms with Crippen molar-refractivity contribution < 1.29 is 24.0 Å². The first-order valence-electron chi connectivity index (χ1n) is 15.2. The minimum atomic E-state index is -0.525. The summed E-state index contributed by atoms with van der Waals surface area (Å²) in [5, 5.41) is 29.3. The van der Waals surface area contributed by atoms with Crippen LogP contribution in [-0.4, -0.2) is 62.2 Å². The summed E-state index contributed by atoms with van der Waals surface area (Å²) in [5.41, 5.74) is 3.50. The maximum Gasteiger partial charge on any atom is 0.269 e. The van der Waals surface area contributed by atoms with Gasteiger partial charge in [0, 0.05) is 29.8 Å². The Morgan fingerprint density at radius 3 is 2.18 bits per heavy atom. The van der Waals surface area contributed by atoms with Gasteiger partial charge >= 0.3 is 0 Å². The first kappa shape index (κ1) is 32.9. The molecule has 1 unspecified atom stereocenters. The highest BCUT2D eigenvalue weighted by atomic mass is 32.2. The topological polar surface area (TPSA) is 154 Å². The molecule has 5 aromatic rings. The molecule has 1 N–H and O–H groups in total. The standard InChI is InChI=1S/C35H31N7O6S/c1-47-28-16-10-23(11-17-28)30-20-31(24-12-18-29(48-2)19-13-24)41(39-30)33(43)22-49-35-38-37-32(40(35)26-6-4-3-5-7-26)21-36-34(44)25-8-14-27(15-9-25)42(45)46/h3-19,31H,20-22H2,1-2H3,(H,36,44). The molecule has 1 aliphatic rings. The van der Waals surface area contributed by atoms with E-state index >= 15 is 0 Å². The second-order valence-corrected chi connectivity index (χ2v) is 11.8. The molecule has 1 atom stereocenters. The lowest BCUT2D eigenvalue weighted by atomic mass is 9.98. The third-order valence-electron chi connectivity index (χ3n) is 7.88.